The van der Waals surface area contributed by atoms with Crippen molar-refractivity contribution in [2.24, 2.45) is 0 Å². The lowest BCUT2D eigenvalue weighted by Crippen LogP contribution is -2.48. The highest BCUT2D eigenvalue weighted by molar-refractivity contribution is 5.95. The molecule has 1 aliphatic rings. The lowest BCUT2D eigenvalue weighted by atomic mass is 10.1. The van der Waals surface area contributed by atoms with Crippen LogP contribution in [0, 0.1) is 17.0 Å². The van der Waals surface area contributed by atoms with Gasteiger partial charge in [0.15, 0.2) is 0 Å². The molecule has 0 spiro atoms. The summed E-state index contributed by atoms with van der Waals surface area (Å²) in [5.41, 5.74) is 0.929. The molecule has 0 radical (unpaired) electrons. The minimum atomic E-state index is -0.504. The van der Waals surface area contributed by atoms with E-state index in [0.29, 0.717) is 24.3 Å². The topological polar surface area (TPSA) is 81.5 Å². The van der Waals surface area contributed by atoms with Crippen LogP contribution in [-0.2, 0) is 4.74 Å². The first-order valence-corrected chi connectivity index (χ1v) is 5.21. The van der Waals surface area contributed by atoms with E-state index in [1.54, 1.807) is 13.0 Å². The average Bonchev–Trinajstić information content (AvgIpc) is 2.22. The molecule has 0 atom stereocenters. The van der Waals surface area contributed by atoms with Crippen molar-refractivity contribution in [3.63, 3.8) is 0 Å². The molecule has 6 heteroatoms. The van der Waals surface area contributed by atoms with Crippen LogP contribution < -0.4 is 5.32 Å². The van der Waals surface area contributed by atoms with E-state index in [4.69, 9.17) is 4.74 Å². The van der Waals surface area contributed by atoms with Crippen molar-refractivity contribution in [1.82, 2.24) is 5.32 Å². The first-order chi connectivity index (χ1) is 8.06. The van der Waals surface area contributed by atoms with Crippen molar-refractivity contribution in [2.75, 3.05) is 13.2 Å². The largest absolute Gasteiger partial charge is 0.377 e. The molecule has 1 aliphatic heterocycles. The highest BCUT2D eigenvalue weighted by Gasteiger charge is 2.22. The zero-order valence-electron chi connectivity index (χ0n) is 9.30. The second-order valence-electron chi connectivity index (χ2n) is 4.02. The number of nitrogens with zero attached hydrogens (tertiary/aromatic N) is 1. The Labute approximate surface area is 97.7 Å². The maximum absolute atomic E-state index is 11.8. The number of non-ortho nitro benzene ring substituents is 1. The number of nitrogens with one attached hydrogen (secondary N) is 1. The van der Waals surface area contributed by atoms with Crippen LogP contribution in [0.5, 0.6) is 0 Å². The molecule has 6 nitrogen and oxygen atoms in total. The Morgan fingerprint density at radius 1 is 1.47 bits per heavy atom. The normalized spacial score (nSPS) is 15.1. The molecule has 1 N–H and O–H groups in total. The third-order valence-electron chi connectivity index (χ3n) is 2.51. The molecule has 1 aromatic rings. The van der Waals surface area contributed by atoms with Crippen LogP contribution in [0.25, 0.3) is 0 Å². The van der Waals surface area contributed by atoms with Crippen molar-refractivity contribution in [1.29, 1.82) is 0 Å². The van der Waals surface area contributed by atoms with Crippen molar-refractivity contribution < 1.29 is 14.5 Å². The molecule has 1 amide bonds. The lowest BCUT2D eigenvalue weighted by molar-refractivity contribution is -0.384. The van der Waals surface area contributed by atoms with Gasteiger partial charge in [-0.1, -0.05) is 0 Å². The Kier molecular flexibility index (Phi) is 3.06. The van der Waals surface area contributed by atoms with Gasteiger partial charge in [-0.15, -0.1) is 0 Å². The first kappa shape index (κ1) is 11.5. The van der Waals surface area contributed by atoms with Gasteiger partial charge in [-0.2, -0.15) is 0 Å². The maximum atomic E-state index is 11.8. The molecule has 90 valence electrons. The molecular weight excluding hydrogens is 224 g/mol. The minimum absolute atomic E-state index is 0.0158. The number of aryl methyl sites for hydroxylation is 1. The van der Waals surface area contributed by atoms with Gasteiger partial charge in [-0.25, -0.2) is 0 Å². The maximum Gasteiger partial charge on any atom is 0.270 e. The fourth-order valence-corrected chi connectivity index (χ4v) is 1.59. The van der Waals surface area contributed by atoms with E-state index in [0.717, 1.165) is 0 Å². The van der Waals surface area contributed by atoms with E-state index in [2.05, 4.69) is 5.32 Å². The van der Waals surface area contributed by atoms with Crippen molar-refractivity contribution in [3.8, 4) is 0 Å². The number of hydrogen-bond donors (Lipinski definition) is 1. The summed E-state index contributed by atoms with van der Waals surface area (Å²) in [6, 6.07) is 4.36. The summed E-state index contributed by atoms with van der Waals surface area (Å²) in [4.78, 5) is 22.0. The monoisotopic (exact) mass is 236 g/mol. The number of ether oxygens (including phenoxy) is 1. The Morgan fingerprint density at radius 3 is 2.71 bits per heavy atom. The number of nitro groups is 1. The Balaban J connectivity index is 2.18. The van der Waals surface area contributed by atoms with Gasteiger partial charge in [-0.05, 0) is 18.6 Å². The van der Waals surface area contributed by atoms with Gasteiger partial charge in [-0.3, -0.25) is 14.9 Å². The second kappa shape index (κ2) is 4.50. The zero-order chi connectivity index (χ0) is 12.4. The van der Waals surface area contributed by atoms with E-state index in [-0.39, 0.29) is 17.6 Å². The van der Waals surface area contributed by atoms with Crippen molar-refractivity contribution in [2.45, 2.75) is 13.0 Å². The summed E-state index contributed by atoms with van der Waals surface area (Å²) in [5, 5.41) is 13.4. The van der Waals surface area contributed by atoms with Gasteiger partial charge in [0.1, 0.15) is 0 Å². The number of hydrogen-bond acceptors (Lipinski definition) is 4. The van der Waals surface area contributed by atoms with E-state index >= 15 is 0 Å². The van der Waals surface area contributed by atoms with E-state index < -0.39 is 4.92 Å². The summed E-state index contributed by atoms with van der Waals surface area (Å²) in [7, 11) is 0. The van der Waals surface area contributed by atoms with Crippen LogP contribution >= 0.6 is 0 Å². The number of carbonyl (C=O) groups excluding carboxylic acids is 1. The molecule has 1 saturated heterocycles. The summed E-state index contributed by atoms with van der Waals surface area (Å²) in [6.45, 7) is 2.72. The van der Waals surface area contributed by atoms with Crippen LogP contribution in [0.2, 0.25) is 0 Å². The second-order valence-corrected chi connectivity index (χ2v) is 4.02. The van der Waals surface area contributed by atoms with E-state index in [1.165, 1.54) is 12.1 Å². The SMILES string of the molecule is Cc1cc(C(=O)NC2COC2)cc([N+](=O)[O-])c1. The first-order valence-electron chi connectivity index (χ1n) is 5.21. The predicted octanol–water partition coefficient (Wildman–Crippen LogP) is 1.03. The standard InChI is InChI=1S/C11H12N2O4/c1-7-2-8(4-10(3-7)13(15)16)11(14)12-9-5-17-6-9/h2-4,9H,5-6H2,1H3,(H,12,14). The van der Waals surface area contributed by atoms with Gasteiger partial charge >= 0.3 is 0 Å². The number of amides is 1. The predicted molar refractivity (Wildman–Crippen MR) is 59.9 cm³/mol. The molecule has 0 aromatic heterocycles. The van der Waals surface area contributed by atoms with E-state index in [9.17, 15) is 14.9 Å². The molecule has 0 unspecified atom stereocenters. The number of benzene rings is 1. The zero-order valence-corrected chi connectivity index (χ0v) is 9.30. The van der Waals surface area contributed by atoms with Gasteiger partial charge in [0.05, 0.1) is 24.2 Å². The van der Waals surface area contributed by atoms with Crippen LogP contribution in [-0.4, -0.2) is 30.1 Å². The molecule has 2 rings (SSSR count). The van der Waals surface area contributed by atoms with Gasteiger partial charge in [0.25, 0.3) is 11.6 Å². The molecule has 1 fully saturated rings. The molecule has 0 bridgehead atoms. The third kappa shape index (κ3) is 2.59. The Morgan fingerprint density at radius 2 is 2.18 bits per heavy atom. The summed E-state index contributed by atoms with van der Waals surface area (Å²) < 4.78 is 4.93. The van der Waals surface area contributed by atoms with Gasteiger partial charge in [0.2, 0.25) is 0 Å². The van der Waals surface area contributed by atoms with Crippen LogP contribution in [0.3, 0.4) is 0 Å². The van der Waals surface area contributed by atoms with Crippen molar-refractivity contribution in [3.05, 3.63) is 39.4 Å². The quantitative estimate of drug-likeness (QED) is 0.627. The van der Waals surface area contributed by atoms with Crippen LogP contribution in [0.15, 0.2) is 18.2 Å². The Bertz CT molecular complexity index is 469. The van der Waals surface area contributed by atoms with E-state index in [1.807, 2.05) is 0 Å². The number of nitro benzene ring substituents is 1. The number of rotatable bonds is 3. The molecule has 1 heterocycles. The van der Waals surface area contributed by atoms with Gasteiger partial charge in [0, 0.05) is 17.7 Å². The molecular formula is C11H12N2O4. The third-order valence-corrected chi connectivity index (χ3v) is 2.51. The summed E-state index contributed by atoms with van der Waals surface area (Å²) in [6.07, 6.45) is 0. The molecule has 0 saturated carbocycles. The van der Waals surface area contributed by atoms with Crippen LogP contribution in [0.1, 0.15) is 15.9 Å². The highest BCUT2D eigenvalue weighted by atomic mass is 16.6. The average molecular weight is 236 g/mol. The molecule has 0 aliphatic carbocycles. The summed E-state index contributed by atoms with van der Waals surface area (Å²) >= 11 is 0. The Hall–Kier alpha value is -1.95. The number of carbonyl (C=O) groups is 1. The molecule has 17 heavy (non-hydrogen) atoms. The minimum Gasteiger partial charge on any atom is -0.377 e. The fourth-order valence-electron chi connectivity index (χ4n) is 1.59. The fraction of sp³-hybridized carbons (Fsp3) is 0.364. The van der Waals surface area contributed by atoms with Crippen LogP contribution in [0.4, 0.5) is 5.69 Å². The van der Waals surface area contributed by atoms with Gasteiger partial charge < -0.3 is 10.1 Å². The lowest BCUT2D eigenvalue weighted by Gasteiger charge is -2.26. The van der Waals surface area contributed by atoms with Crippen molar-refractivity contribution >= 4 is 11.6 Å². The summed E-state index contributed by atoms with van der Waals surface area (Å²) in [5.74, 6) is -0.301. The smallest absolute Gasteiger partial charge is 0.270 e. The highest BCUT2D eigenvalue weighted by Crippen LogP contribution is 2.17. The molecule has 1 aromatic carbocycles.